The Labute approximate surface area is 245 Å². The molecule has 2 amide bonds. The summed E-state index contributed by atoms with van der Waals surface area (Å²) in [5.41, 5.74) is 3.86. The van der Waals surface area contributed by atoms with Crippen LogP contribution < -0.4 is 10.2 Å². The second kappa shape index (κ2) is 12.0. The number of carbonyl (C=O) groups excluding carboxylic acids is 2. The van der Waals surface area contributed by atoms with Crippen LogP contribution in [0.15, 0.2) is 103 Å². The van der Waals surface area contributed by atoms with Crippen molar-refractivity contribution in [3.05, 3.63) is 132 Å². The second-order valence-corrected chi connectivity index (χ2v) is 10.8. The zero-order valence-corrected chi connectivity index (χ0v) is 23.1. The van der Waals surface area contributed by atoms with Gasteiger partial charge in [-0.3, -0.25) is 19.5 Å². The van der Waals surface area contributed by atoms with Gasteiger partial charge in [-0.05, 0) is 54.1 Å². The first-order chi connectivity index (χ1) is 20.5. The molecular weight excluding hydrogens is 556 g/mol. The molecule has 6 rings (SSSR count). The molecule has 1 aliphatic rings. The molecule has 5 aromatic rings. The highest BCUT2D eigenvalue weighted by Crippen LogP contribution is 2.48. The summed E-state index contributed by atoms with van der Waals surface area (Å²) in [5.74, 6) is -1.10. The highest BCUT2D eigenvalue weighted by atomic mass is 32.2. The van der Waals surface area contributed by atoms with Crippen LogP contribution in [0.2, 0.25) is 0 Å². The number of rotatable bonds is 7. The van der Waals surface area contributed by atoms with Crippen LogP contribution in [-0.4, -0.2) is 38.9 Å². The maximum atomic E-state index is 14.5. The Hall–Kier alpha value is -4.83. The summed E-state index contributed by atoms with van der Waals surface area (Å²) in [7, 11) is 0. The molecule has 42 heavy (non-hydrogen) atoms. The zero-order valence-electron chi connectivity index (χ0n) is 22.3. The molecular formula is C32H25F2N5O2S. The number of hydrogen-bond acceptors (Lipinski definition) is 5. The third kappa shape index (κ3) is 5.66. The SMILES string of the molecule is O=C(CN1C(=O)CSC(c2cccc(F)c2)c2c(-c3ccccc3)nn(-c3ccc(F)cc3)c21)NCc1ccccn1. The van der Waals surface area contributed by atoms with E-state index in [9.17, 15) is 18.4 Å². The maximum Gasteiger partial charge on any atom is 0.240 e. The number of hydrogen-bond donors (Lipinski definition) is 1. The van der Waals surface area contributed by atoms with Crippen LogP contribution in [0.4, 0.5) is 14.6 Å². The molecule has 3 aromatic carbocycles. The van der Waals surface area contributed by atoms with Gasteiger partial charge in [0.15, 0.2) is 0 Å². The number of halogens is 2. The Kier molecular flexibility index (Phi) is 7.78. The number of thioether (sulfide) groups is 1. The van der Waals surface area contributed by atoms with Crippen molar-refractivity contribution in [2.75, 3.05) is 17.2 Å². The minimum absolute atomic E-state index is 0.0427. The summed E-state index contributed by atoms with van der Waals surface area (Å²) in [6, 6.07) is 26.9. The van der Waals surface area contributed by atoms with E-state index in [0.717, 1.165) is 5.56 Å². The van der Waals surface area contributed by atoms with Gasteiger partial charge in [0, 0.05) is 17.3 Å². The van der Waals surface area contributed by atoms with E-state index in [1.54, 1.807) is 41.2 Å². The number of anilines is 1. The van der Waals surface area contributed by atoms with E-state index >= 15 is 0 Å². The van der Waals surface area contributed by atoms with E-state index in [-0.39, 0.29) is 30.7 Å². The van der Waals surface area contributed by atoms with Crippen molar-refractivity contribution in [1.82, 2.24) is 20.1 Å². The van der Waals surface area contributed by atoms with Gasteiger partial charge in [-0.1, -0.05) is 48.5 Å². The van der Waals surface area contributed by atoms with Crippen LogP contribution in [-0.2, 0) is 16.1 Å². The van der Waals surface area contributed by atoms with Gasteiger partial charge in [-0.15, -0.1) is 11.8 Å². The number of benzene rings is 3. The highest BCUT2D eigenvalue weighted by molar-refractivity contribution is 8.00. The molecule has 210 valence electrons. The normalized spacial score (nSPS) is 14.8. The number of carbonyl (C=O) groups is 2. The summed E-state index contributed by atoms with van der Waals surface area (Å²) in [6.07, 6.45) is 1.64. The van der Waals surface area contributed by atoms with Crippen molar-refractivity contribution in [1.29, 1.82) is 0 Å². The first kappa shape index (κ1) is 27.3. The molecule has 1 unspecified atom stereocenters. The molecule has 0 saturated heterocycles. The molecule has 0 saturated carbocycles. The zero-order chi connectivity index (χ0) is 29.1. The molecule has 1 atom stereocenters. The number of pyridine rings is 1. The number of aromatic nitrogens is 3. The van der Waals surface area contributed by atoms with E-state index in [2.05, 4.69) is 10.3 Å². The van der Waals surface area contributed by atoms with Crippen LogP contribution >= 0.6 is 11.8 Å². The van der Waals surface area contributed by atoms with E-state index in [4.69, 9.17) is 5.10 Å². The first-order valence-corrected chi connectivity index (χ1v) is 14.3. The molecule has 0 fully saturated rings. The number of nitrogens with zero attached hydrogens (tertiary/aromatic N) is 4. The van der Waals surface area contributed by atoms with Crippen LogP contribution in [0.5, 0.6) is 0 Å². The predicted octanol–water partition coefficient (Wildman–Crippen LogP) is 5.70. The summed E-state index contributed by atoms with van der Waals surface area (Å²) < 4.78 is 30.0. The van der Waals surface area contributed by atoms with Crippen molar-refractivity contribution in [3.8, 4) is 16.9 Å². The lowest BCUT2D eigenvalue weighted by atomic mass is 9.99. The smallest absolute Gasteiger partial charge is 0.240 e. The number of amides is 2. The average molecular weight is 582 g/mol. The number of fused-ring (bicyclic) bond motifs is 1. The van der Waals surface area contributed by atoms with Crippen molar-refractivity contribution in [2.45, 2.75) is 11.8 Å². The topological polar surface area (TPSA) is 80.1 Å². The van der Waals surface area contributed by atoms with E-state index in [1.807, 2.05) is 42.5 Å². The van der Waals surface area contributed by atoms with Gasteiger partial charge >= 0.3 is 0 Å². The predicted molar refractivity (Wildman–Crippen MR) is 158 cm³/mol. The summed E-state index contributed by atoms with van der Waals surface area (Å²) in [5, 5.41) is 7.30. The Morgan fingerprint density at radius 3 is 2.45 bits per heavy atom. The average Bonchev–Trinajstić information content (AvgIpc) is 3.33. The monoisotopic (exact) mass is 581 g/mol. The minimum atomic E-state index is -0.481. The lowest BCUT2D eigenvalue weighted by Gasteiger charge is -2.23. The van der Waals surface area contributed by atoms with Crippen molar-refractivity contribution >= 4 is 29.4 Å². The van der Waals surface area contributed by atoms with Crippen LogP contribution in [0.25, 0.3) is 16.9 Å². The van der Waals surface area contributed by atoms with Gasteiger partial charge in [0.25, 0.3) is 0 Å². The van der Waals surface area contributed by atoms with Gasteiger partial charge in [0.1, 0.15) is 24.0 Å². The van der Waals surface area contributed by atoms with Gasteiger partial charge < -0.3 is 5.32 Å². The lowest BCUT2D eigenvalue weighted by Crippen LogP contribution is -2.42. The third-order valence-corrected chi connectivity index (χ3v) is 8.11. The van der Waals surface area contributed by atoms with Crippen molar-refractivity contribution in [3.63, 3.8) is 0 Å². The van der Waals surface area contributed by atoms with Crippen molar-refractivity contribution in [2.24, 2.45) is 0 Å². The van der Waals surface area contributed by atoms with Crippen molar-refractivity contribution < 1.29 is 18.4 Å². The molecule has 10 heteroatoms. The second-order valence-electron chi connectivity index (χ2n) is 9.66. The van der Waals surface area contributed by atoms with E-state index in [1.165, 1.54) is 40.9 Å². The third-order valence-electron chi connectivity index (χ3n) is 6.85. The molecule has 1 aliphatic heterocycles. The first-order valence-electron chi connectivity index (χ1n) is 13.3. The van der Waals surface area contributed by atoms with E-state index < -0.39 is 16.9 Å². The van der Waals surface area contributed by atoms with Crippen LogP contribution in [0, 0.1) is 11.6 Å². The summed E-state index contributed by atoms with van der Waals surface area (Å²) in [6.45, 7) is -0.0854. The van der Waals surface area contributed by atoms with E-state index in [0.29, 0.717) is 34.0 Å². The highest BCUT2D eigenvalue weighted by Gasteiger charge is 2.37. The Bertz CT molecular complexity index is 1730. The van der Waals surface area contributed by atoms with Gasteiger partial charge in [0.05, 0.1) is 34.6 Å². The minimum Gasteiger partial charge on any atom is -0.349 e. The molecule has 0 bridgehead atoms. The van der Waals surface area contributed by atoms with Crippen LogP contribution in [0.3, 0.4) is 0 Å². The summed E-state index contributed by atoms with van der Waals surface area (Å²) >= 11 is 1.34. The Morgan fingerprint density at radius 2 is 1.71 bits per heavy atom. The Balaban J connectivity index is 1.52. The quantitative estimate of drug-likeness (QED) is 0.267. The molecule has 3 heterocycles. The lowest BCUT2D eigenvalue weighted by molar-refractivity contribution is -0.123. The Morgan fingerprint density at radius 1 is 0.929 bits per heavy atom. The fourth-order valence-electron chi connectivity index (χ4n) is 4.91. The molecule has 0 aliphatic carbocycles. The standard InChI is InChI=1S/C32H25F2N5O2S/c33-23-12-14-26(15-13-23)39-32-29(30(37-39)21-7-2-1-3-8-21)31(22-9-6-10-24(34)17-22)42-20-28(41)38(32)19-27(40)36-18-25-11-4-5-16-35-25/h1-17,31H,18-20H2,(H,36,40). The van der Waals surface area contributed by atoms with Gasteiger partial charge in [-0.25, -0.2) is 13.5 Å². The fourth-order valence-corrected chi connectivity index (χ4v) is 6.10. The molecule has 0 radical (unpaired) electrons. The molecule has 7 nitrogen and oxygen atoms in total. The van der Waals surface area contributed by atoms with Crippen LogP contribution in [0.1, 0.15) is 22.1 Å². The molecule has 2 aromatic heterocycles. The largest absolute Gasteiger partial charge is 0.349 e. The van der Waals surface area contributed by atoms with Gasteiger partial charge in [0.2, 0.25) is 11.8 Å². The number of nitrogens with one attached hydrogen (secondary N) is 1. The molecule has 1 N–H and O–H groups in total. The molecule has 0 spiro atoms. The summed E-state index contributed by atoms with van der Waals surface area (Å²) in [4.78, 5) is 32.7. The fraction of sp³-hybridized carbons (Fsp3) is 0.125. The maximum absolute atomic E-state index is 14.5. The van der Waals surface area contributed by atoms with Gasteiger partial charge in [-0.2, -0.15) is 5.10 Å².